The third-order valence-corrected chi connectivity index (χ3v) is 1.92. The third-order valence-electron chi connectivity index (χ3n) is 1.92. The molecule has 1 aromatic rings. The SMILES string of the molecule is CC(C)CCC(=O)NCc1cnoc1. The predicted octanol–water partition coefficient (Wildman–Crippen LogP) is 1.73. The molecule has 0 bridgehead atoms. The molecule has 0 unspecified atom stereocenters. The minimum absolute atomic E-state index is 0.0832. The Morgan fingerprint density at radius 1 is 1.64 bits per heavy atom. The maximum Gasteiger partial charge on any atom is 0.220 e. The molecule has 4 heteroatoms. The Morgan fingerprint density at radius 2 is 2.43 bits per heavy atom. The van der Waals surface area contributed by atoms with Crippen molar-refractivity contribution in [3.8, 4) is 0 Å². The minimum atomic E-state index is 0.0832. The van der Waals surface area contributed by atoms with Crippen LogP contribution in [0.3, 0.4) is 0 Å². The van der Waals surface area contributed by atoms with Crippen LogP contribution in [-0.4, -0.2) is 11.1 Å². The van der Waals surface area contributed by atoms with Gasteiger partial charge in [-0.05, 0) is 12.3 Å². The molecule has 1 N–H and O–H groups in total. The summed E-state index contributed by atoms with van der Waals surface area (Å²) in [5.74, 6) is 0.649. The van der Waals surface area contributed by atoms with Crippen LogP contribution >= 0.6 is 0 Å². The lowest BCUT2D eigenvalue weighted by atomic mass is 10.1. The van der Waals surface area contributed by atoms with Gasteiger partial charge in [-0.25, -0.2) is 0 Å². The number of hydrogen-bond donors (Lipinski definition) is 1. The number of amides is 1. The first kappa shape index (κ1) is 10.8. The summed E-state index contributed by atoms with van der Waals surface area (Å²) in [6, 6.07) is 0. The second-order valence-electron chi connectivity index (χ2n) is 3.74. The maximum absolute atomic E-state index is 11.3. The summed E-state index contributed by atoms with van der Waals surface area (Å²) in [5.41, 5.74) is 0.892. The van der Waals surface area contributed by atoms with Crippen LogP contribution in [0.15, 0.2) is 17.0 Å². The van der Waals surface area contributed by atoms with Gasteiger partial charge >= 0.3 is 0 Å². The van der Waals surface area contributed by atoms with Crippen molar-refractivity contribution in [2.45, 2.75) is 33.2 Å². The van der Waals surface area contributed by atoms with Crippen LogP contribution in [0.4, 0.5) is 0 Å². The first-order valence-corrected chi connectivity index (χ1v) is 4.83. The number of carbonyl (C=O) groups is 1. The number of nitrogens with zero attached hydrogens (tertiary/aromatic N) is 1. The van der Waals surface area contributed by atoms with E-state index in [2.05, 4.69) is 28.8 Å². The van der Waals surface area contributed by atoms with Gasteiger partial charge in [0.2, 0.25) is 5.91 Å². The fourth-order valence-corrected chi connectivity index (χ4v) is 1.02. The van der Waals surface area contributed by atoms with E-state index in [9.17, 15) is 4.79 Å². The zero-order valence-electron chi connectivity index (χ0n) is 8.62. The second-order valence-corrected chi connectivity index (χ2v) is 3.74. The topological polar surface area (TPSA) is 55.1 Å². The van der Waals surface area contributed by atoms with Crippen LogP contribution in [0.25, 0.3) is 0 Å². The summed E-state index contributed by atoms with van der Waals surface area (Å²) in [4.78, 5) is 11.3. The zero-order valence-corrected chi connectivity index (χ0v) is 8.62. The van der Waals surface area contributed by atoms with Gasteiger partial charge in [-0.15, -0.1) is 0 Å². The summed E-state index contributed by atoms with van der Waals surface area (Å²) in [5, 5.41) is 6.35. The van der Waals surface area contributed by atoms with Crippen LogP contribution in [0, 0.1) is 5.92 Å². The summed E-state index contributed by atoms with van der Waals surface area (Å²) in [6.07, 6.45) is 4.64. The Balaban J connectivity index is 2.15. The number of carbonyl (C=O) groups excluding carboxylic acids is 1. The Bertz CT molecular complexity index is 268. The van der Waals surface area contributed by atoms with Crippen molar-refractivity contribution < 1.29 is 9.32 Å². The molecule has 0 spiro atoms. The lowest BCUT2D eigenvalue weighted by molar-refractivity contribution is -0.121. The highest BCUT2D eigenvalue weighted by Gasteiger charge is 2.03. The molecule has 0 aliphatic heterocycles. The average molecular weight is 196 g/mol. The van der Waals surface area contributed by atoms with Crippen LogP contribution in [0.2, 0.25) is 0 Å². The third kappa shape index (κ3) is 4.07. The molecular weight excluding hydrogens is 180 g/mol. The first-order valence-electron chi connectivity index (χ1n) is 4.83. The standard InChI is InChI=1S/C10H16N2O2/c1-8(2)3-4-10(13)11-5-9-6-12-14-7-9/h6-8H,3-5H2,1-2H3,(H,11,13). The monoisotopic (exact) mass is 196 g/mol. The van der Waals surface area contributed by atoms with E-state index in [-0.39, 0.29) is 5.91 Å². The smallest absolute Gasteiger partial charge is 0.220 e. The highest BCUT2D eigenvalue weighted by Crippen LogP contribution is 2.03. The highest BCUT2D eigenvalue weighted by molar-refractivity contribution is 5.75. The largest absolute Gasteiger partial charge is 0.364 e. The van der Waals surface area contributed by atoms with Crippen LogP contribution in [0.1, 0.15) is 32.3 Å². The van der Waals surface area contributed by atoms with Crippen molar-refractivity contribution in [3.05, 3.63) is 18.0 Å². The summed E-state index contributed by atoms with van der Waals surface area (Å²) >= 11 is 0. The van der Waals surface area contributed by atoms with E-state index in [4.69, 9.17) is 0 Å². The van der Waals surface area contributed by atoms with Crippen LogP contribution < -0.4 is 5.32 Å². The van der Waals surface area contributed by atoms with E-state index >= 15 is 0 Å². The summed E-state index contributed by atoms with van der Waals surface area (Å²) < 4.78 is 4.64. The molecule has 1 aromatic heterocycles. The maximum atomic E-state index is 11.3. The number of rotatable bonds is 5. The van der Waals surface area contributed by atoms with Crippen LogP contribution in [0.5, 0.6) is 0 Å². The fraction of sp³-hybridized carbons (Fsp3) is 0.600. The van der Waals surface area contributed by atoms with Crippen molar-refractivity contribution in [1.29, 1.82) is 0 Å². The van der Waals surface area contributed by atoms with E-state index in [1.807, 2.05) is 0 Å². The average Bonchev–Trinajstić information content (AvgIpc) is 2.63. The molecule has 0 saturated carbocycles. The van der Waals surface area contributed by atoms with Gasteiger partial charge in [0.1, 0.15) is 6.26 Å². The lowest BCUT2D eigenvalue weighted by Crippen LogP contribution is -2.22. The molecular formula is C10H16N2O2. The molecule has 0 saturated heterocycles. The fourth-order valence-electron chi connectivity index (χ4n) is 1.02. The molecule has 1 amide bonds. The van der Waals surface area contributed by atoms with Gasteiger partial charge in [0.05, 0.1) is 6.20 Å². The van der Waals surface area contributed by atoms with Gasteiger partial charge in [0.25, 0.3) is 0 Å². The Kier molecular flexibility index (Phi) is 4.16. The molecule has 0 radical (unpaired) electrons. The van der Waals surface area contributed by atoms with Gasteiger partial charge in [-0.2, -0.15) is 0 Å². The normalized spacial score (nSPS) is 10.5. The van der Waals surface area contributed by atoms with Crippen molar-refractivity contribution in [3.63, 3.8) is 0 Å². The van der Waals surface area contributed by atoms with Gasteiger partial charge < -0.3 is 9.84 Å². The molecule has 1 rings (SSSR count). The van der Waals surface area contributed by atoms with Gasteiger partial charge in [0.15, 0.2) is 0 Å². The predicted molar refractivity (Wildman–Crippen MR) is 52.4 cm³/mol. The molecule has 78 valence electrons. The minimum Gasteiger partial charge on any atom is -0.364 e. The zero-order chi connectivity index (χ0) is 10.4. The van der Waals surface area contributed by atoms with Crippen molar-refractivity contribution >= 4 is 5.91 Å². The van der Waals surface area contributed by atoms with E-state index in [1.54, 1.807) is 6.20 Å². The molecule has 0 aliphatic carbocycles. The molecule has 1 heterocycles. The number of aromatic nitrogens is 1. The van der Waals surface area contributed by atoms with Crippen molar-refractivity contribution in [2.75, 3.05) is 0 Å². The van der Waals surface area contributed by atoms with Gasteiger partial charge in [0, 0.05) is 18.5 Å². The van der Waals surface area contributed by atoms with Gasteiger partial charge in [-0.1, -0.05) is 19.0 Å². The summed E-state index contributed by atoms with van der Waals surface area (Å²) in [6.45, 7) is 4.71. The Hall–Kier alpha value is -1.32. The number of nitrogens with one attached hydrogen (secondary N) is 1. The van der Waals surface area contributed by atoms with Crippen molar-refractivity contribution in [1.82, 2.24) is 10.5 Å². The quantitative estimate of drug-likeness (QED) is 0.780. The lowest BCUT2D eigenvalue weighted by Gasteiger charge is -2.04. The van der Waals surface area contributed by atoms with Gasteiger partial charge in [-0.3, -0.25) is 4.79 Å². The number of hydrogen-bond acceptors (Lipinski definition) is 3. The van der Waals surface area contributed by atoms with E-state index in [0.29, 0.717) is 18.9 Å². The van der Waals surface area contributed by atoms with E-state index < -0.39 is 0 Å². The highest BCUT2D eigenvalue weighted by atomic mass is 16.5. The van der Waals surface area contributed by atoms with Crippen LogP contribution in [-0.2, 0) is 11.3 Å². The molecule has 0 fully saturated rings. The first-order chi connectivity index (χ1) is 6.68. The molecule has 4 nitrogen and oxygen atoms in total. The second kappa shape index (κ2) is 5.42. The molecule has 14 heavy (non-hydrogen) atoms. The molecule has 0 aromatic carbocycles. The van der Waals surface area contributed by atoms with E-state index in [0.717, 1.165) is 12.0 Å². The Labute approximate surface area is 83.7 Å². The van der Waals surface area contributed by atoms with Crippen molar-refractivity contribution in [2.24, 2.45) is 5.92 Å². The molecule has 0 atom stereocenters. The summed E-state index contributed by atoms with van der Waals surface area (Å²) in [7, 11) is 0. The Morgan fingerprint density at radius 3 is 3.00 bits per heavy atom. The van der Waals surface area contributed by atoms with E-state index in [1.165, 1.54) is 6.26 Å². The molecule has 0 aliphatic rings.